The van der Waals surface area contributed by atoms with Crippen molar-refractivity contribution in [2.45, 2.75) is 32.7 Å². The summed E-state index contributed by atoms with van der Waals surface area (Å²) in [5.74, 6) is 1.63. The average molecular weight is 384 g/mol. The van der Waals surface area contributed by atoms with Crippen molar-refractivity contribution in [3.8, 4) is 11.4 Å². The van der Waals surface area contributed by atoms with E-state index in [1.54, 1.807) is 33.6 Å². The molecular weight excluding hydrogens is 368 g/mol. The molecular formula is C18H16N4O2S2. The summed E-state index contributed by atoms with van der Waals surface area (Å²) in [7, 11) is 0. The summed E-state index contributed by atoms with van der Waals surface area (Å²) in [6.45, 7) is 2.50. The maximum atomic E-state index is 13.0. The SMILES string of the molecule is CC1CCc2c(sc3ncn(Cc4nc(-c5ccsc5)no4)c(=O)c23)C1. The molecule has 132 valence electrons. The van der Waals surface area contributed by atoms with Crippen LogP contribution in [0.1, 0.15) is 29.7 Å². The summed E-state index contributed by atoms with van der Waals surface area (Å²) < 4.78 is 6.89. The van der Waals surface area contributed by atoms with Gasteiger partial charge in [-0.2, -0.15) is 16.3 Å². The molecule has 4 aromatic heterocycles. The summed E-state index contributed by atoms with van der Waals surface area (Å²) in [6.07, 6.45) is 4.72. The summed E-state index contributed by atoms with van der Waals surface area (Å²) in [5, 5.41) is 8.71. The monoisotopic (exact) mass is 384 g/mol. The zero-order valence-corrected chi connectivity index (χ0v) is 15.8. The normalized spacial score (nSPS) is 16.9. The molecule has 5 rings (SSSR count). The zero-order chi connectivity index (χ0) is 17.7. The van der Waals surface area contributed by atoms with Crippen molar-refractivity contribution in [2.24, 2.45) is 5.92 Å². The molecule has 0 aromatic carbocycles. The van der Waals surface area contributed by atoms with Gasteiger partial charge in [-0.3, -0.25) is 9.36 Å². The number of thiophene rings is 2. The molecule has 0 amide bonds. The molecule has 8 heteroatoms. The number of nitrogens with zero attached hydrogens (tertiary/aromatic N) is 4. The van der Waals surface area contributed by atoms with Gasteiger partial charge in [0.15, 0.2) is 0 Å². The van der Waals surface area contributed by atoms with E-state index in [9.17, 15) is 4.79 Å². The minimum Gasteiger partial charge on any atom is -0.337 e. The minimum absolute atomic E-state index is 0.0164. The van der Waals surface area contributed by atoms with Crippen LogP contribution in [0.15, 0.2) is 32.5 Å². The van der Waals surface area contributed by atoms with E-state index in [4.69, 9.17) is 4.52 Å². The maximum absolute atomic E-state index is 13.0. The maximum Gasteiger partial charge on any atom is 0.262 e. The van der Waals surface area contributed by atoms with Crippen LogP contribution in [0.5, 0.6) is 0 Å². The molecule has 1 aliphatic rings. The number of aryl methyl sites for hydroxylation is 1. The van der Waals surface area contributed by atoms with Crippen LogP contribution in [0, 0.1) is 5.92 Å². The molecule has 26 heavy (non-hydrogen) atoms. The van der Waals surface area contributed by atoms with Crippen molar-refractivity contribution in [3.05, 3.63) is 49.8 Å². The first kappa shape index (κ1) is 15.9. The first-order valence-corrected chi connectivity index (χ1v) is 10.3. The van der Waals surface area contributed by atoms with Crippen LogP contribution < -0.4 is 5.56 Å². The lowest BCUT2D eigenvalue weighted by molar-refractivity contribution is 0.369. The predicted molar refractivity (Wildman–Crippen MR) is 102 cm³/mol. The second kappa shape index (κ2) is 6.14. The Kier molecular flexibility index (Phi) is 3.75. The van der Waals surface area contributed by atoms with Crippen LogP contribution in [-0.4, -0.2) is 19.7 Å². The van der Waals surface area contributed by atoms with Crippen LogP contribution >= 0.6 is 22.7 Å². The number of aromatic nitrogens is 4. The van der Waals surface area contributed by atoms with Crippen LogP contribution in [0.25, 0.3) is 21.6 Å². The lowest BCUT2D eigenvalue weighted by Gasteiger charge is -2.17. The van der Waals surface area contributed by atoms with E-state index >= 15 is 0 Å². The molecule has 1 atom stereocenters. The summed E-state index contributed by atoms with van der Waals surface area (Å²) in [4.78, 5) is 24.1. The van der Waals surface area contributed by atoms with Crippen molar-refractivity contribution in [1.82, 2.24) is 19.7 Å². The summed E-state index contributed by atoms with van der Waals surface area (Å²) in [6, 6.07) is 1.94. The summed E-state index contributed by atoms with van der Waals surface area (Å²) in [5.41, 5.74) is 2.10. The highest BCUT2D eigenvalue weighted by Crippen LogP contribution is 2.35. The predicted octanol–water partition coefficient (Wildman–Crippen LogP) is 3.74. The topological polar surface area (TPSA) is 73.8 Å². The first-order chi connectivity index (χ1) is 12.7. The largest absolute Gasteiger partial charge is 0.337 e. The van der Waals surface area contributed by atoms with E-state index in [1.807, 2.05) is 16.8 Å². The van der Waals surface area contributed by atoms with Gasteiger partial charge in [0.05, 0.1) is 11.7 Å². The molecule has 6 nitrogen and oxygen atoms in total. The molecule has 0 aliphatic heterocycles. The Morgan fingerprint density at radius 3 is 3.19 bits per heavy atom. The van der Waals surface area contributed by atoms with E-state index in [2.05, 4.69) is 22.0 Å². The fourth-order valence-corrected chi connectivity index (χ4v) is 5.43. The standard InChI is InChI=1S/C18H16N4O2S2/c1-10-2-3-12-13(6-10)26-17-15(12)18(23)22(9-19-17)7-14-20-16(21-24-14)11-4-5-25-8-11/h4-5,8-10H,2-3,6-7H2,1H3. The van der Waals surface area contributed by atoms with Crippen LogP contribution in [0.4, 0.5) is 0 Å². The van der Waals surface area contributed by atoms with Gasteiger partial charge in [0.2, 0.25) is 11.7 Å². The Labute approximate surface area is 157 Å². The second-order valence-corrected chi connectivity index (χ2v) is 8.60. The van der Waals surface area contributed by atoms with Crippen molar-refractivity contribution in [2.75, 3.05) is 0 Å². The molecule has 0 fully saturated rings. The molecule has 1 aliphatic carbocycles. The fourth-order valence-electron chi connectivity index (χ4n) is 3.45. The van der Waals surface area contributed by atoms with Gasteiger partial charge in [-0.15, -0.1) is 11.3 Å². The minimum atomic E-state index is -0.0164. The molecule has 0 saturated heterocycles. The lowest BCUT2D eigenvalue weighted by atomic mass is 9.89. The molecule has 1 unspecified atom stereocenters. The Balaban J connectivity index is 1.52. The molecule has 4 heterocycles. The number of hydrogen-bond donors (Lipinski definition) is 0. The zero-order valence-electron chi connectivity index (χ0n) is 14.1. The fraction of sp³-hybridized carbons (Fsp3) is 0.333. The van der Waals surface area contributed by atoms with E-state index in [-0.39, 0.29) is 12.1 Å². The Bertz CT molecular complexity index is 1140. The first-order valence-electron chi connectivity index (χ1n) is 8.54. The van der Waals surface area contributed by atoms with E-state index < -0.39 is 0 Å². The smallest absolute Gasteiger partial charge is 0.262 e. The Morgan fingerprint density at radius 2 is 2.35 bits per heavy atom. The van der Waals surface area contributed by atoms with E-state index in [0.717, 1.165) is 35.0 Å². The number of fused-ring (bicyclic) bond motifs is 3. The molecule has 0 radical (unpaired) electrons. The molecule has 0 bridgehead atoms. The van der Waals surface area contributed by atoms with Gasteiger partial charge < -0.3 is 4.52 Å². The highest BCUT2D eigenvalue weighted by molar-refractivity contribution is 7.18. The molecule has 4 aromatic rings. The molecule has 0 N–H and O–H groups in total. The van der Waals surface area contributed by atoms with Crippen LogP contribution in [-0.2, 0) is 19.4 Å². The number of rotatable bonds is 3. The van der Waals surface area contributed by atoms with Gasteiger partial charge in [0.1, 0.15) is 11.4 Å². The third-order valence-electron chi connectivity index (χ3n) is 4.84. The van der Waals surface area contributed by atoms with Crippen LogP contribution in [0.2, 0.25) is 0 Å². The number of hydrogen-bond acceptors (Lipinski definition) is 7. The third kappa shape index (κ3) is 2.60. The van der Waals surface area contributed by atoms with Crippen molar-refractivity contribution < 1.29 is 4.52 Å². The quantitative estimate of drug-likeness (QED) is 0.538. The Hall–Kier alpha value is -2.32. The second-order valence-electron chi connectivity index (χ2n) is 6.73. The van der Waals surface area contributed by atoms with Crippen molar-refractivity contribution >= 4 is 32.9 Å². The highest BCUT2D eigenvalue weighted by atomic mass is 32.1. The molecule has 0 saturated carbocycles. The van der Waals surface area contributed by atoms with Crippen molar-refractivity contribution in [3.63, 3.8) is 0 Å². The Morgan fingerprint density at radius 1 is 1.42 bits per heavy atom. The van der Waals surface area contributed by atoms with E-state index in [1.165, 1.54) is 10.4 Å². The highest BCUT2D eigenvalue weighted by Gasteiger charge is 2.23. The van der Waals surface area contributed by atoms with Gasteiger partial charge in [-0.05, 0) is 42.2 Å². The average Bonchev–Trinajstić information content (AvgIpc) is 3.35. The van der Waals surface area contributed by atoms with Gasteiger partial charge >= 0.3 is 0 Å². The lowest BCUT2D eigenvalue weighted by Crippen LogP contribution is -2.22. The van der Waals surface area contributed by atoms with Crippen molar-refractivity contribution in [1.29, 1.82) is 0 Å². The van der Waals surface area contributed by atoms with Gasteiger partial charge in [0.25, 0.3) is 5.56 Å². The summed E-state index contributed by atoms with van der Waals surface area (Å²) >= 11 is 3.24. The third-order valence-corrected chi connectivity index (χ3v) is 6.68. The van der Waals surface area contributed by atoms with E-state index in [0.29, 0.717) is 17.6 Å². The van der Waals surface area contributed by atoms with Gasteiger partial charge in [-0.1, -0.05) is 12.1 Å². The van der Waals surface area contributed by atoms with Gasteiger partial charge in [0, 0.05) is 15.8 Å². The van der Waals surface area contributed by atoms with Crippen LogP contribution in [0.3, 0.4) is 0 Å². The van der Waals surface area contributed by atoms with Gasteiger partial charge in [-0.25, -0.2) is 4.98 Å². The molecule has 0 spiro atoms.